The number of ether oxygens (including phenoxy) is 1. The number of carbonyl (C=O) groups is 3. The fourth-order valence-electron chi connectivity index (χ4n) is 2.30. The van der Waals surface area contributed by atoms with E-state index in [-0.39, 0.29) is 13.2 Å². The lowest BCUT2D eigenvalue weighted by Gasteiger charge is -2.15. The first kappa shape index (κ1) is 20.0. The van der Waals surface area contributed by atoms with Gasteiger partial charge in [-0.1, -0.05) is 49.4 Å². The molecule has 1 unspecified atom stereocenters. The molecule has 2 aromatic rings. The van der Waals surface area contributed by atoms with E-state index >= 15 is 0 Å². The van der Waals surface area contributed by atoms with Crippen LogP contribution in [-0.2, 0) is 22.6 Å². The number of benzene rings is 2. The van der Waals surface area contributed by atoms with Crippen molar-refractivity contribution in [3.8, 4) is 0 Å². The maximum Gasteiger partial charge on any atom is 0.408 e. The van der Waals surface area contributed by atoms with Gasteiger partial charge in [0, 0.05) is 12.1 Å². The predicted molar refractivity (Wildman–Crippen MR) is 99.3 cm³/mol. The Labute approximate surface area is 157 Å². The van der Waals surface area contributed by atoms with Crippen molar-refractivity contribution >= 4 is 18.0 Å². The first-order chi connectivity index (χ1) is 13.0. The van der Waals surface area contributed by atoms with Gasteiger partial charge in [0.2, 0.25) is 0 Å². The van der Waals surface area contributed by atoms with Gasteiger partial charge >= 0.3 is 12.1 Å². The van der Waals surface area contributed by atoms with E-state index in [0.29, 0.717) is 5.56 Å². The zero-order valence-corrected chi connectivity index (χ0v) is 15.0. The zero-order valence-electron chi connectivity index (χ0n) is 15.0. The molecule has 0 saturated heterocycles. The molecule has 1 atom stereocenters. The van der Waals surface area contributed by atoms with Crippen LogP contribution in [0.25, 0.3) is 0 Å². The summed E-state index contributed by atoms with van der Waals surface area (Å²) in [5, 5.41) is 14.0. The Morgan fingerprint density at radius 2 is 1.67 bits per heavy atom. The molecule has 0 heterocycles. The normalized spacial score (nSPS) is 11.3. The van der Waals surface area contributed by atoms with Crippen LogP contribution >= 0.6 is 0 Å². The van der Waals surface area contributed by atoms with Gasteiger partial charge in [-0.15, -0.1) is 0 Å². The molecule has 27 heavy (non-hydrogen) atoms. The van der Waals surface area contributed by atoms with E-state index in [1.807, 2.05) is 25.1 Å². The monoisotopic (exact) mass is 370 g/mol. The van der Waals surface area contributed by atoms with Crippen LogP contribution in [0.4, 0.5) is 4.79 Å². The number of carboxylic acid groups (broad SMARTS) is 1. The number of aryl methyl sites for hydroxylation is 1. The van der Waals surface area contributed by atoms with Crippen LogP contribution in [0.15, 0.2) is 54.6 Å². The number of hydrogen-bond acceptors (Lipinski definition) is 4. The average molecular weight is 370 g/mol. The predicted octanol–water partition coefficient (Wildman–Crippen LogP) is 2.36. The zero-order chi connectivity index (χ0) is 19.6. The lowest BCUT2D eigenvalue weighted by molar-refractivity contribution is -0.139. The highest BCUT2D eigenvalue weighted by Crippen LogP contribution is 2.05. The van der Waals surface area contributed by atoms with Gasteiger partial charge in [-0.3, -0.25) is 4.79 Å². The quantitative estimate of drug-likeness (QED) is 0.662. The summed E-state index contributed by atoms with van der Waals surface area (Å²) < 4.78 is 5.00. The molecule has 0 aliphatic rings. The minimum atomic E-state index is -1.30. The SMILES string of the molecule is CCc1ccc(C(=O)NCC(NC(=O)OCc2ccccc2)C(=O)O)cc1. The maximum atomic E-state index is 12.1. The van der Waals surface area contributed by atoms with Crippen molar-refractivity contribution in [3.05, 3.63) is 71.3 Å². The van der Waals surface area contributed by atoms with Crippen molar-refractivity contribution in [3.63, 3.8) is 0 Å². The highest BCUT2D eigenvalue weighted by molar-refractivity contribution is 5.94. The Hall–Kier alpha value is -3.35. The third-order valence-electron chi connectivity index (χ3n) is 3.89. The number of rotatable bonds is 8. The van der Waals surface area contributed by atoms with Crippen LogP contribution in [0.3, 0.4) is 0 Å². The lowest BCUT2D eigenvalue weighted by atomic mass is 10.1. The Morgan fingerprint density at radius 1 is 1.00 bits per heavy atom. The molecule has 0 aromatic heterocycles. The van der Waals surface area contributed by atoms with E-state index in [2.05, 4.69) is 10.6 Å². The molecule has 2 rings (SSSR count). The Balaban J connectivity index is 1.84. The molecule has 0 aliphatic heterocycles. The highest BCUT2D eigenvalue weighted by Gasteiger charge is 2.21. The summed E-state index contributed by atoms with van der Waals surface area (Å²) in [7, 11) is 0. The van der Waals surface area contributed by atoms with Crippen LogP contribution in [0.2, 0.25) is 0 Å². The molecule has 0 bridgehead atoms. The number of carboxylic acids is 1. The molecular formula is C20H22N2O5. The first-order valence-corrected chi connectivity index (χ1v) is 8.56. The number of amides is 2. The Morgan fingerprint density at radius 3 is 2.26 bits per heavy atom. The maximum absolute atomic E-state index is 12.1. The molecule has 2 amide bonds. The van der Waals surface area contributed by atoms with Gasteiger partial charge in [0.25, 0.3) is 5.91 Å². The summed E-state index contributed by atoms with van der Waals surface area (Å²) >= 11 is 0. The first-order valence-electron chi connectivity index (χ1n) is 8.56. The van der Waals surface area contributed by atoms with Crippen molar-refractivity contribution in [2.24, 2.45) is 0 Å². The van der Waals surface area contributed by atoms with E-state index in [0.717, 1.165) is 17.5 Å². The molecule has 3 N–H and O–H groups in total. The summed E-state index contributed by atoms with van der Waals surface area (Å²) in [6.45, 7) is 1.77. The van der Waals surface area contributed by atoms with E-state index in [1.165, 1.54) is 0 Å². The van der Waals surface area contributed by atoms with E-state index < -0.39 is 24.0 Å². The fourth-order valence-corrected chi connectivity index (χ4v) is 2.30. The molecule has 2 aromatic carbocycles. The summed E-state index contributed by atoms with van der Waals surface area (Å²) in [5.74, 6) is -1.68. The van der Waals surface area contributed by atoms with E-state index in [9.17, 15) is 19.5 Å². The number of alkyl carbamates (subject to hydrolysis) is 1. The third-order valence-corrected chi connectivity index (χ3v) is 3.89. The van der Waals surface area contributed by atoms with Crippen molar-refractivity contribution in [2.75, 3.05) is 6.54 Å². The summed E-state index contributed by atoms with van der Waals surface area (Å²) in [4.78, 5) is 35.2. The van der Waals surface area contributed by atoms with Crippen LogP contribution in [0.5, 0.6) is 0 Å². The summed E-state index contributed by atoms with van der Waals surface area (Å²) in [6, 6.07) is 14.7. The molecular weight excluding hydrogens is 348 g/mol. The summed E-state index contributed by atoms with van der Waals surface area (Å²) in [5.41, 5.74) is 2.30. The number of nitrogens with one attached hydrogen (secondary N) is 2. The standard InChI is InChI=1S/C20H22N2O5/c1-2-14-8-10-16(11-9-14)18(23)21-12-17(19(24)25)22-20(26)27-13-15-6-4-3-5-7-15/h3-11,17H,2,12-13H2,1H3,(H,21,23)(H,22,26)(H,24,25). The Bertz CT molecular complexity index is 775. The molecule has 0 aliphatic carbocycles. The molecule has 7 heteroatoms. The van der Waals surface area contributed by atoms with E-state index in [4.69, 9.17) is 4.74 Å². The van der Waals surface area contributed by atoms with Gasteiger partial charge in [-0.05, 0) is 29.7 Å². The van der Waals surface area contributed by atoms with Crippen molar-refractivity contribution in [2.45, 2.75) is 26.0 Å². The van der Waals surface area contributed by atoms with Gasteiger partial charge < -0.3 is 20.5 Å². The minimum absolute atomic E-state index is 0.0230. The second-order valence-corrected chi connectivity index (χ2v) is 5.86. The van der Waals surface area contributed by atoms with Crippen molar-refractivity contribution in [1.29, 1.82) is 0 Å². The van der Waals surface area contributed by atoms with Gasteiger partial charge in [0.1, 0.15) is 12.6 Å². The molecule has 7 nitrogen and oxygen atoms in total. The van der Waals surface area contributed by atoms with Crippen LogP contribution in [0.1, 0.15) is 28.4 Å². The lowest BCUT2D eigenvalue weighted by Crippen LogP contribution is -2.48. The topological polar surface area (TPSA) is 105 Å². The molecule has 0 radical (unpaired) electrons. The van der Waals surface area contributed by atoms with Crippen LogP contribution in [-0.4, -0.2) is 35.7 Å². The van der Waals surface area contributed by atoms with Gasteiger partial charge in [-0.25, -0.2) is 9.59 Å². The van der Waals surface area contributed by atoms with Crippen LogP contribution < -0.4 is 10.6 Å². The minimum Gasteiger partial charge on any atom is -0.480 e. The van der Waals surface area contributed by atoms with Crippen molar-refractivity contribution in [1.82, 2.24) is 10.6 Å². The molecule has 0 saturated carbocycles. The highest BCUT2D eigenvalue weighted by atomic mass is 16.5. The van der Waals surface area contributed by atoms with Crippen molar-refractivity contribution < 1.29 is 24.2 Å². The van der Waals surface area contributed by atoms with E-state index in [1.54, 1.807) is 36.4 Å². The number of aliphatic carboxylic acids is 1. The number of carbonyl (C=O) groups excluding carboxylic acids is 2. The van der Waals surface area contributed by atoms with Crippen LogP contribution in [0, 0.1) is 0 Å². The fraction of sp³-hybridized carbons (Fsp3) is 0.250. The second-order valence-electron chi connectivity index (χ2n) is 5.86. The molecule has 0 fully saturated rings. The summed E-state index contributed by atoms with van der Waals surface area (Å²) in [6.07, 6.45) is -0.00865. The van der Waals surface area contributed by atoms with Gasteiger partial charge in [-0.2, -0.15) is 0 Å². The van der Waals surface area contributed by atoms with Gasteiger partial charge in [0.05, 0.1) is 0 Å². The van der Waals surface area contributed by atoms with Gasteiger partial charge in [0.15, 0.2) is 0 Å². The largest absolute Gasteiger partial charge is 0.480 e. The Kier molecular flexibility index (Phi) is 7.37. The molecule has 142 valence electrons. The average Bonchev–Trinajstić information content (AvgIpc) is 2.70. The number of hydrogen-bond donors (Lipinski definition) is 3. The molecule has 0 spiro atoms. The smallest absolute Gasteiger partial charge is 0.408 e. The second kappa shape index (κ2) is 9.96. The third kappa shape index (κ3) is 6.47.